The van der Waals surface area contributed by atoms with Gasteiger partial charge in [-0.25, -0.2) is 18.3 Å². The van der Waals surface area contributed by atoms with Gasteiger partial charge in [0.15, 0.2) is 5.65 Å². The van der Waals surface area contributed by atoms with Gasteiger partial charge in [-0.1, -0.05) is 43.2 Å². The van der Waals surface area contributed by atoms with Gasteiger partial charge < -0.3 is 5.32 Å². The van der Waals surface area contributed by atoms with Gasteiger partial charge in [-0.15, -0.1) is 6.42 Å². The van der Waals surface area contributed by atoms with E-state index in [1.165, 1.54) is 12.3 Å². The van der Waals surface area contributed by atoms with Crippen molar-refractivity contribution in [1.29, 1.82) is 0 Å². The first-order valence-electron chi connectivity index (χ1n) is 8.41. The van der Waals surface area contributed by atoms with Gasteiger partial charge in [0.1, 0.15) is 11.3 Å². The summed E-state index contributed by atoms with van der Waals surface area (Å²) in [5, 5.41) is 6.68. The van der Waals surface area contributed by atoms with Crippen LogP contribution in [-0.2, 0) is 0 Å². The van der Waals surface area contributed by atoms with Crippen molar-refractivity contribution >= 4 is 11.6 Å². The normalized spacial score (nSPS) is 13.3. The Kier molecular flexibility index (Phi) is 4.91. The standard InChI is InChI=1S/C20H18F2N4O/c1-4-20(3,5-2)25-19(27)14-12-23-26-16(17(21)22)11-15(24-18(14)26)13-9-7-6-8-10-13/h1,6-12,17H,5H2,2-3H3,(H,25,27). The summed E-state index contributed by atoms with van der Waals surface area (Å²) < 4.78 is 28.1. The van der Waals surface area contributed by atoms with Crippen LogP contribution in [0.2, 0.25) is 0 Å². The molecule has 1 amide bonds. The Hall–Kier alpha value is -3.27. The lowest BCUT2D eigenvalue weighted by atomic mass is 10.00. The van der Waals surface area contributed by atoms with Gasteiger partial charge in [0.2, 0.25) is 0 Å². The van der Waals surface area contributed by atoms with E-state index in [1.807, 2.05) is 13.0 Å². The molecule has 0 spiro atoms. The zero-order chi connectivity index (χ0) is 19.6. The molecular weight excluding hydrogens is 350 g/mol. The van der Waals surface area contributed by atoms with Crippen LogP contribution in [0, 0.1) is 12.3 Å². The number of halogens is 2. The molecule has 5 nitrogen and oxygen atoms in total. The van der Waals surface area contributed by atoms with Crippen LogP contribution >= 0.6 is 0 Å². The van der Waals surface area contributed by atoms with Crippen molar-refractivity contribution in [3.05, 3.63) is 53.9 Å². The fraction of sp³-hybridized carbons (Fsp3) is 0.250. The Balaban J connectivity index is 2.15. The molecule has 0 saturated carbocycles. The second-order valence-electron chi connectivity index (χ2n) is 6.31. The number of nitrogens with zero attached hydrogens (tertiary/aromatic N) is 3. The maximum atomic E-state index is 13.6. The van der Waals surface area contributed by atoms with Gasteiger partial charge >= 0.3 is 0 Å². The van der Waals surface area contributed by atoms with Crippen LogP contribution in [0.4, 0.5) is 8.78 Å². The highest BCUT2D eigenvalue weighted by atomic mass is 19.3. The first kappa shape index (κ1) is 18.5. The van der Waals surface area contributed by atoms with E-state index in [9.17, 15) is 13.6 Å². The number of rotatable bonds is 5. The monoisotopic (exact) mass is 368 g/mol. The first-order valence-corrected chi connectivity index (χ1v) is 8.41. The number of carbonyl (C=O) groups is 1. The minimum absolute atomic E-state index is 0.0552. The maximum absolute atomic E-state index is 13.6. The number of terminal acetylenes is 1. The molecule has 0 radical (unpaired) electrons. The number of aromatic nitrogens is 3. The number of hydrogen-bond acceptors (Lipinski definition) is 3. The molecule has 0 saturated heterocycles. The van der Waals surface area contributed by atoms with Gasteiger partial charge in [-0.05, 0) is 19.4 Å². The number of benzene rings is 1. The lowest BCUT2D eigenvalue weighted by Crippen LogP contribution is -2.44. The highest BCUT2D eigenvalue weighted by Gasteiger charge is 2.26. The average molecular weight is 368 g/mol. The van der Waals surface area contributed by atoms with Crippen LogP contribution in [0.15, 0.2) is 42.6 Å². The van der Waals surface area contributed by atoms with E-state index in [4.69, 9.17) is 6.42 Å². The maximum Gasteiger partial charge on any atom is 0.280 e. The van der Waals surface area contributed by atoms with Crippen molar-refractivity contribution in [3.8, 4) is 23.6 Å². The molecule has 3 rings (SSSR count). The molecule has 0 aliphatic carbocycles. The molecule has 1 aromatic carbocycles. The summed E-state index contributed by atoms with van der Waals surface area (Å²) in [7, 11) is 0. The van der Waals surface area contributed by atoms with E-state index in [-0.39, 0.29) is 16.9 Å². The third-order valence-corrected chi connectivity index (χ3v) is 4.45. The molecule has 0 bridgehead atoms. The van der Waals surface area contributed by atoms with Gasteiger partial charge in [-0.3, -0.25) is 4.79 Å². The third kappa shape index (κ3) is 3.51. The van der Waals surface area contributed by atoms with Crippen LogP contribution in [0.1, 0.15) is 42.7 Å². The molecule has 138 valence electrons. The van der Waals surface area contributed by atoms with Gasteiger partial charge in [0.05, 0.1) is 17.4 Å². The fourth-order valence-electron chi connectivity index (χ4n) is 2.60. The minimum Gasteiger partial charge on any atom is -0.336 e. The second kappa shape index (κ2) is 7.16. The van der Waals surface area contributed by atoms with E-state index in [0.29, 0.717) is 17.7 Å². The molecule has 7 heteroatoms. The van der Waals surface area contributed by atoms with E-state index in [1.54, 1.807) is 31.2 Å². The average Bonchev–Trinajstić information content (AvgIpc) is 3.11. The molecule has 0 aliphatic heterocycles. The second-order valence-corrected chi connectivity index (χ2v) is 6.31. The van der Waals surface area contributed by atoms with Crippen molar-refractivity contribution in [3.63, 3.8) is 0 Å². The number of carbonyl (C=O) groups excluding carboxylic acids is 1. The predicted octanol–water partition coefficient (Wildman–Crippen LogP) is 3.87. The van der Waals surface area contributed by atoms with Crippen LogP contribution in [0.25, 0.3) is 16.9 Å². The van der Waals surface area contributed by atoms with Crippen molar-refractivity contribution in [2.24, 2.45) is 0 Å². The van der Waals surface area contributed by atoms with Gasteiger partial charge in [0, 0.05) is 5.56 Å². The molecule has 2 heterocycles. The lowest BCUT2D eigenvalue weighted by Gasteiger charge is -2.22. The SMILES string of the molecule is C#CC(C)(CC)NC(=O)c1cnn2c(C(F)F)cc(-c3ccccc3)nc12. The zero-order valence-electron chi connectivity index (χ0n) is 14.9. The summed E-state index contributed by atoms with van der Waals surface area (Å²) in [5.74, 6) is 2.03. The Morgan fingerprint density at radius 2 is 2.07 bits per heavy atom. The van der Waals surface area contributed by atoms with Crippen molar-refractivity contribution < 1.29 is 13.6 Å². The summed E-state index contributed by atoms with van der Waals surface area (Å²) in [6.07, 6.45) is 4.46. The third-order valence-electron chi connectivity index (χ3n) is 4.45. The van der Waals surface area contributed by atoms with Gasteiger partial charge in [-0.2, -0.15) is 5.10 Å². The van der Waals surface area contributed by atoms with E-state index < -0.39 is 17.9 Å². The summed E-state index contributed by atoms with van der Waals surface area (Å²) in [5.41, 5.74) is -0.0505. The number of hydrogen-bond donors (Lipinski definition) is 1. The van der Waals surface area contributed by atoms with Crippen molar-refractivity contribution in [2.45, 2.75) is 32.2 Å². The summed E-state index contributed by atoms with van der Waals surface area (Å²) in [4.78, 5) is 17.1. The first-order chi connectivity index (χ1) is 12.9. The predicted molar refractivity (Wildman–Crippen MR) is 98.4 cm³/mol. The molecule has 1 unspecified atom stereocenters. The molecule has 1 N–H and O–H groups in total. The number of amides is 1. The van der Waals surface area contributed by atoms with Crippen molar-refractivity contribution in [2.75, 3.05) is 0 Å². The number of nitrogens with one attached hydrogen (secondary N) is 1. The molecule has 2 aromatic heterocycles. The summed E-state index contributed by atoms with van der Waals surface area (Å²) >= 11 is 0. The van der Waals surface area contributed by atoms with Crippen LogP contribution in [0.5, 0.6) is 0 Å². The molecule has 1 atom stereocenters. The van der Waals surface area contributed by atoms with Crippen LogP contribution in [-0.4, -0.2) is 26.0 Å². The molecular formula is C20H18F2N4O. The number of alkyl halides is 2. The Morgan fingerprint density at radius 3 is 2.67 bits per heavy atom. The molecule has 27 heavy (non-hydrogen) atoms. The highest BCUT2D eigenvalue weighted by molar-refractivity contribution is 6.00. The van der Waals surface area contributed by atoms with Crippen molar-refractivity contribution in [1.82, 2.24) is 19.9 Å². The number of fused-ring (bicyclic) bond motifs is 1. The topological polar surface area (TPSA) is 59.3 Å². The quantitative estimate of drug-likeness (QED) is 0.696. The van der Waals surface area contributed by atoms with Gasteiger partial charge in [0.25, 0.3) is 12.3 Å². The molecule has 0 aliphatic rings. The Morgan fingerprint density at radius 1 is 1.37 bits per heavy atom. The highest BCUT2D eigenvalue weighted by Crippen LogP contribution is 2.26. The Bertz CT molecular complexity index is 1020. The fourth-order valence-corrected chi connectivity index (χ4v) is 2.60. The molecule has 3 aromatic rings. The minimum atomic E-state index is -2.78. The van der Waals surface area contributed by atoms with E-state index >= 15 is 0 Å². The lowest BCUT2D eigenvalue weighted by molar-refractivity contribution is 0.0925. The summed E-state index contributed by atoms with van der Waals surface area (Å²) in [6.45, 7) is 3.56. The van der Waals surface area contributed by atoms with Crippen LogP contribution in [0.3, 0.4) is 0 Å². The largest absolute Gasteiger partial charge is 0.336 e. The van der Waals surface area contributed by atoms with E-state index in [2.05, 4.69) is 21.3 Å². The smallest absolute Gasteiger partial charge is 0.280 e. The zero-order valence-corrected chi connectivity index (χ0v) is 14.9. The van der Waals surface area contributed by atoms with E-state index in [0.717, 1.165) is 4.52 Å². The Labute approximate surface area is 155 Å². The molecule has 0 fully saturated rings. The summed E-state index contributed by atoms with van der Waals surface area (Å²) in [6, 6.07) is 10.2. The van der Waals surface area contributed by atoms with Crippen LogP contribution < -0.4 is 5.32 Å².